The summed E-state index contributed by atoms with van der Waals surface area (Å²) in [5.41, 5.74) is 2.47. The number of aromatic nitrogens is 1. The third kappa shape index (κ3) is 9.21. The first-order chi connectivity index (χ1) is 21.4. The lowest BCUT2D eigenvalue weighted by Crippen LogP contribution is -2.61. The van der Waals surface area contributed by atoms with Crippen molar-refractivity contribution in [2.45, 2.75) is 76.4 Å². The number of β-amino-alcohol motifs (C(OH)–C–C–N with tert-alkyl or cyclic N) is 1. The Morgan fingerprint density at radius 2 is 1.98 bits per heavy atom. The highest BCUT2D eigenvalue weighted by Gasteiger charge is 2.37. The number of nitrogens with zero attached hydrogens (tertiary/aromatic N) is 3. The molecule has 1 aliphatic carbocycles. The Morgan fingerprint density at radius 3 is 2.69 bits per heavy atom. The molecule has 0 bridgehead atoms. The zero-order valence-corrected chi connectivity index (χ0v) is 28.6. The van der Waals surface area contributed by atoms with E-state index in [0.717, 1.165) is 34.3 Å². The van der Waals surface area contributed by atoms with E-state index in [9.17, 15) is 19.8 Å². The summed E-state index contributed by atoms with van der Waals surface area (Å²) in [6.45, 7) is 8.86. The van der Waals surface area contributed by atoms with Crippen LogP contribution in [0.1, 0.15) is 54.8 Å². The van der Waals surface area contributed by atoms with Crippen LogP contribution in [0.5, 0.6) is 0 Å². The minimum absolute atomic E-state index is 0.0645. The number of thiophene rings is 1. The molecule has 242 valence electrons. The molecule has 5 rings (SSSR count). The molecule has 45 heavy (non-hydrogen) atoms. The van der Waals surface area contributed by atoms with Crippen molar-refractivity contribution in [2.24, 2.45) is 5.92 Å². The number of hydrogen-bond donors (Lipinski definition) is 4. The van der Waals surface area contributed by atoms with Gasteiger partial charge in [0, 0.05) is 77.7 Å². The first-order valence-corrected chi connectivity index (χ1v) is 17.3. The van der Waals surface area contributed by atoms with Gasteiger partial charge in [-0.15, -0.1) is 11.3 Å². The Balaban J connectivity index is 1.28. The molecule has 9 nitrogen and oxygen atoms in total. The van der Waals surface area contributed by atoms with Crippen molar-refractivity contribution in [1.29, 1.82) is 0 Å². The number of fused-ring (bicyclic) bond motifs is 1. The fraction of sp³-hybridized carbons (Fsp3) is 0.500. The minimum atomic E-state index is -0.844. The molecule has 4 N–H and O–H groups in total. The summed E-state index contributed by atoms with van der Waals surface area (Å²) in [5.74, 6) is -0.831. The van der Waals surface area contributed by atoms with Gasteiger partial charge in [-0.25, -0.2) is 0 Å². The Labute approximate surface area is 278 Å². The molecular weight excluding hydrogens is 654 g/mol. The van der Waals surface area contributed by atoms with Gasteiger partial charge in [0.05, 0.1) is 18.2 Å². The largest absolute Gasteiger partial charge is 0.392 e. The third-order valence-electron chi connectivity index (χ3n) is 8.46. The van der Waals surface area contributed by atoms with Crippen LogP contribution < -0.4 is 10.6 Å². The average Bonchev–Trinajstić information content (AvgIpc) is 3.54. The monoisotopic (exact) mass is 697 g/mol. The summed E-state index contributed by atoms with van der Waals surface area (Å²) in [6, 6.07) is 12.7. The highest BCUT2D eigenvalue weighted by molar-refractivity contribution is 9.10. The minimum Gasteiger partial charge on any atom is -0.392 e. The molecular formula is C34H44BrN5O4S. The Kier molecular flexibility index (Phi) is 11.1. The predicted molar refractivity (Wildman–Crippen MR) is 180 cm³/mol. The summed E-state index contributed by atoms with van der Waals surface area (Å²) in [6.07, 6.45) is 2.99. The summed E-state index contributed by atoms with van der Waals surface area (Å²) in [4.78, 5) is 37.1. The Hall–Kier alpha value is -2.67. The van der Waals surface area contributed by atoms with Crippen LogP contribution in [0.4, 0.5) is 0 Å². The number of aliphatic hydroxyl groups excluding tert-OH is 2. The van der Waals surface area contributed by atoms with Crippen molar-refractivity contribution < 1.29 is 19.8 Å². The quantitative estimate of drug-likeness (QED) is 0.242. The summed E-state index contributed by atoms with van der Waals surface area (Å²) < 4.78 is 1.06. The molecule has 1 aromatic carbocycles. The van der Waals surface area contributed by atoms with Crippen LogP contribution in [-0.4, -0.2) is 86.8 Å². The number of aliphatic hydroxyl groups is 2. The van der Waals surface area contributed by atoms with Crippen LogP contribution in [0.25, 0.3) is 0 Å². The lowest BCUT2D eigenvalue weighted by molar-refractivity contribution is -0.132. The Morgan fingerprint density at radius 1 is 1.18 bits per heavy atom. The number of benzene rings is 1. The molecule has 5 atom stereocenters. The van der Waals surface area contributed by atoms with E-state index in [4.69, 9.17) is 0 Å². The van der Waals surface area contributed by atoms with E-state index in [0.29, 0.717) is 25.9 Å². The normalized spacial score (nSPS) is 22.0. The van der Waals surface area contributed by atoms with Gasteiger partial charge in [0.1, 0.15) is 6.04 Å². The molecule has 1 fully saturated rings. The van der Waals surface area contributed by atoms with Crippen LogP contribution in [0.15, 0.2) is 64.7 Å². The van der Waals surface area contributed by atoms with Crippen LogP contribution in [-0.2, 0) is 29.0 Å². The molecule has 3 heterocycles. The van der Waals surface area contributed by atoms with Crippen LogP contribution in [0.3, 0.4) is 0 Å². The molecule has 2 amide bonds. The molecule has 2 aromatic heterocycles. The van der Waals surface area contributed by atoms with Crippen molar-refractivity contribution in [3.63, 3.8) is 0 Å². The summed E-state index contributed by atoms with van der Waals surface area (Å²) >= 11 is 5.23. The number of hydrogen-bond acceptors (Lipinski definition) is 8. The van der Waals surface area contributed by atoms with Gasteiger partial charge < -0.3 is 20.8 Å². The zero-order chi connectivity index (χ0) is 32.1. The van der Waals surface area contributed by atoms with E-state index in [-0.39, 0.29) is 24.8 Å². The number of pyridine rings is 1. The van der Waals surface area contributed by atoms with E-state index < -0.39 is 35.7 Å². The first-order valence-electron chi connectivity index (χ1n) is 15.6. The van der Waals surface area contributed by atoms with Gasteiger partial charge in [0.15, 0.2) is 0 Å². The summed E-state index contributed by atoms with van der Waals surface area (Å²) in [5, 5.41) is 30.5. The topological polar surface area (TPSA) is 118 Å². The van der Waals surface area contributed by atoms with Crippen LogP contribution in [0.2, 0.25) is 0 Å². The first kappa shape index (κ1) is 33.7. The van der Waals surface area contributed by atoms with E-state index in [1.165, 1.54) is 4.88 Å². The maximum atomic E-state index is 13.8. The zero-order valence-electron chi connectivity index (χ0n) is 26.2. The molecule has 11 heteroatoms. The van der Waals surface area contributed by atoms with Crippen molar-refractivity contribution in [1.82, 2.24) is 25.4 Å². The molecule has 3 aromatic rings. The van der Waals surface area contributed by atoms with Gasteiger partial charge in [-0.05, 0) is 78.4 Å². The molecule has 1 aliphatic heterocycles. The summed E-state index contributed by atoms with van der Waals surface area (Å²) in [7, 11) is 0. The van der Waals surface area contributed by atoms with Crippen LogP contribution >= 0.6 is 27.3 Å². The smallest absolute Gasteiger partial charge is 0.239 e. The van der Waals surface area contributed by atoms with Crippen LogP contribution in [0, 0.1) is 5.92 Å². The standard InChI is InChI=1S/C34H44BrN5O4S/c1-34(2,3)38-33(44)29-20-39(19-27-16-25(35)21-45-27)11-12-40(29)18-26(41)14-24(13-22-7-6-10-36-17-22)32(43)37-31-28-9-5-4-8-23(28)15-30(31)42/h4-10,16-17,21,24,26,29-31,41-42H,11-15,18-20H2,1-3H3,(H,37,43)(H,38,44)/t24-,26+,29+,30-,31+/m1/s1. The van der Waals surface area contributed by atoms with Gasteiger partial charge in [0.25, 0.3) is 0 Å². The van der Waals surface area contributed by atoms with Gasteiger partial charge in [-0.3, -0.25) is 24.4 Å². The van der Waals surface area contributed by atoms with E-state index in [2.05, 4.69) is 52.8 Å². The second kappa shape index (κ2) is 14.8. The van der Waals surface area contributed by atoms with E-state index in [1.807, 2.05) is 57.2 Å². The SMILES string of the molecule is CC(C)(C)NC(=O)[C@@H]1CN(Cc2cc(Br)cs2)CCN1C[C@@H](O)C[C@@H](Cc1cccnc1)C(=O)N[C@H]1c2ccccc2C[C@H]1O. The molecule has 2 aliphatic rings. The van der Waals surface area contributed by atoms with E-state index in [1.54, 1.807) is 23.7 Å². The molecule has 1 saturated heterocycles. The second-order valence-electron chi connectivity index (χ2n) is 13.3. The maximum absolute atomic E-state index is 13.8. The number of carbonyl (C=O) groups excluding carboxylic acids is 2. The molecule has 0 spiro atoms. The third-order valence-corrected chi connectivity index (χ3v) is 10.1. The van der Waals surface area contributed by atoms with E-state index >= 15 is 0 Å². The lowest BCUT2D eigenvalue weighted by Gasteiger charge is -2.42. The lowest BCUT2D eigenvalue weighted by atomic mass is 9.92. The average molecular weight is 699 g/mol. The number of nitrogens with one attached hydrogen (secondary N) is 2. The highest BCUT2D eigenvalue weighted by atomic mass is 79.9. The van der Waals surface area contributed by atoms with Crippen molar-refractivity contribution in [3.8, 4) is 0 Å². The fourth-order valence-corrected chi connectivity index (χ4v) is 7.87. The Bertz CT molecular complexity index is 1450. The maximum Gasteiger partial charge on any atom is 0.239 e. The van der Waals surface area contributed by atoms with Gasteiger partial charge in [0.2, 0.25) is 11.8 Å². The highest BCUT2D eigenvalue weighted by Crippen LogP contribution is 2.32. The molecule has 0 radical (unpaired) electrons. The van der Waals surface area contributed by atoms with Crippen molar-refractivity contribution in [2.75, 3.05) is 26.2 Å². The molecule has 0 unspecified atom stereocenters. The van der Waals surface area contributed by atoms with Gasteiger partial charge in [-0.2, -0.15) is 0 Å². The number of carbonyl (C=O) groups is 2. The fourth-order valence-electron chi connectivity index (χ4n) is 6.38. The number of piperazine rings is 1. The van der Waals surface area contributed by atoms with Crippen molar-refractivity contribution in [3.05, 3.63) is 86.3 Å². The number of rotatable bonds is 11. The number of halogens is 1. The predicted octanol–water partition coefficient (Wildman–Crippen LogP) is 3.69. The molecule has 0 saturated carbocycles. The van der Waals surface area contributed by atoms with Crippen molar-refractivity contribution >= 4 is 39.1 Å². The van der Waals surface area contributed by atoms with Gasteiger partial charge >= 0.3 is 0 Å². The number of amides is 2. The van der Waals surface area contributed by atoms with Gasteiger partial charge in [-0.1, -0.05) is 30.3 Å². The second-order valence-corrected chi connectivity index (χ2v) is 15.2.